The second-order valence-electron chi connectivity index (χ2n) is 3.00. The van der Waals surface area contributed by atoms with E-state index in [2.05, 4.69) is 4.98 Å². The lowest BCUT2D eigenvalue weighted by molar-refractivity contribution is 0.582. The van der Waals surface area contributed by atoms with Crippen molar-refractivity contribution < 1.29 is 4.39 Å². The van der Waals surface area contributed by atoms with Crippen molar-refractivity contribution in [1.82, 2.24) is 4.98 Å². The van der Waals surface area contributed by atoms with E-state index >= 15 is 0 Å². The lowest BCUT2D eigenvalue weighted by Gasteiger charge is -2.02. The molecule has 1 aromatic carbocycles. The molecule has 2 rings (SSSR count). The second kappa shape index (κ2) is 5.04. The Kier molecular flexibility index (Phi) is 3.69. The van der Waals surface area contributed by atoms with Crippen molar-refractivity contribution >= 4 is 35.0 Å². The third-order valence-electron chi connectivity index (χ3n) is 1.80. The van der Waals surface area contributed by atoms with Gasteiger partial charge in [0.15, 0.2) is 0 Å². The molecule has 1 nitrogen and oxygen atoms in total. The summed E-state index contributed by atoms with van der Waals surface area (Å²) < 4.78 is 12.8. The summed E-state index contributed by atoms with van der Waals surface area (Å²) in [5, 5.41) is 0.679. The molecule has 0 radical (unpaired) electrons. The topological polar surface area (TPSA) is 12.9 Å². The highest BCUT2D eigenvalue weighted by Crippen LogP contribution is 2.30. The van der Waals surface area contributed by atoms with Gasteiger partial charge in [-0.2, -0.15) is 4.39 Å². The van der Waals surface area contributed by atoms with Crippen LogP contribution in [-0.2, 0) is 0 Å². The van der Waals surface area contributed by atoms with Crippen LogP contribution >= 0.6 is 35.0 Å². The Bertz CT molecular complexity index is 519. The maximum Gasteiger partial charge on any atom is 0.231 e. The minimum atomic E-state index is -0.655. The fourth-order valence-electron chi connectivity index (χ4n) is 1.13. The summed E-state index contributed by atoms with van der Waals surface area (Å²) in [5.41, 5.74) is 0. The van der Waals surface area contributed by atoms with E-state index in [9.17, 15) is 4.39 Å². The van der Waals surface area contributed by atoms with Gasteiger partial charge in [0.1, 0.15) is 0 Å². The lowest BCUT2D eigenvalue weighted by Crippen LogP contribution is -1.84. The van der Waals surface area contributed by atoms with E-state index in [0.29, 0.717) is 5.02 Å². The van der Waals surface area contributed by atoms with Crippen molar-refractivity contribution in [2.24, 2.45) is 0 Å². The summed E-state index contributed by atoms with van der Waals surface area (Å²) in [6.07, 6.45) is 1.44. The molecular weight excluding hydrogens is 268 g/mol. The Balaban J connectivity index is 2.24. The van der Waals surface area contributed by atoms with Crippen molar-refractivity contribution in [2.75, 3.05) is 0 Å². The largest absolute Gasteiger partial charge is 0.231 e. The fraction of sp³-hybridized carbons (Fsp3) is 0. The second-order valence-corrected chi connectivity index (χ2v) is 4.99. The molecule has 16 heavy (non-hydrogen) atoms. The Hall–Kier alpha value is -0.770. The van der Waals surface area contributed by atoms with Crippen LogP contribution in [-0.4, -0.2) is 4.98 Å². The Morgan fingerprint density at radius 2 is 1.94 bits per heavy atom. The zero-order chi connectivity index (χ0) is 11.5. The van der Waals surface area contributed by atoms with Gasteiger partial charge in [-0.05, 0) is 24.3 Å². The van der Waals surface area contributed by atoms with Gasteiger partial charge in [-0.15, -0.1) is 0 Å². The smallest absolute Gasteiger partial charge is 0.226 e. The lowest BCUT2D eigenvalue weighted by atomic mass is 10.4. The molecule has 0 spiro atoms. The fourth-order valence-corrected chi connectivity index (χ4v) is 2.50. The van der Waals surface area contributed by atoms with Crippen LogP contribution in [0.25, 0.3) is 0 Å². The Labute approximate surface area is 107 Å². The molecule has 0 aliphatic heterocycles. The average molecular weight is 274 g/mol. The van der Waals surface area contributed by atoms with Gasteiger partial charge in [0, 0.05) is 21.0 Å². The highest BCUT2D eigenvalue weighted by Gasteiger charge is 2.04. The van der Waals surface area contributed by atoms with Crippen molar-refractivity contribution in [3.63, 3.8) is 0 Å². The predicted octanol–water partition coefficient (Wildman–Crippen LogP) is 4.68. The van der Waals surface area contributed by atoms with Crippen molar-refractivity contribution in [2.45, 2.75) is 9.79 Å². The first-order valence-corrected chi connectivity index (χ1v) is 5.97. The molecule has 0 aliphatic carbocycles. The van der Waals surface area contributed by atoms with Gasteiger partial charge < -0.3 is 0 Å². The molecular formula is C11H6Cl2FNS. The van der Waals surface area contributed by atoms with Gasteiger partial charge in [-0.25, -0.2) is 4.98 Å². The highest BCUT2D eigenvalue weighted by molar-refractivity contribution is 7.99. The quantitative estimate of drug-likeness (QED) is 0.737. The molecule has 2 aromatic rings. The van der Waals surface area contributed by atoms with Gasteiger partial charge in [0.05, 0.1) is 5.02 Å². The van der Waals surface area contributed by atoms with Crippen LogP contribution in [0.4, 0.5) is 4.39 Å². The highest BCUT2D eigenvalue weighted by atomic mass is 35.5. The van der Waals surface area contributed by atoms with Gasteiger partial charge in [-0.1, -0.05) is 41.0 Å². The van der Waals surface area contributed by atoms with E-state index in [0.717, 1.165) is 9.79 Å². The van der Waals surface area contributed by atoms with E-state index in [1.807, 2.05) is 18.2 Å². The van der Waals surface area contributed by atoms with Crippen LogP contribution in [0.5, 0.6) is 0 Å². The molecule has 1 heterocycles. The van der Waals surface area contributed by atoms with E-state index in [1.165, 1.54) is 24.0 Å². The monoisotopic (exact) mass is 273 g/mol. The van der Waals surface area contributed by atoms with Gasteiger partial charge in [0.2, 0.25) is 5.95 Å². The zero-order valence-corrected chi connectivity index (χ0v) is 10.3. The van der Waals surface area contributed by atoms with Crippen LogP contribution in [0.3, 0.4) is 0 Å². The third-order valence-corrected chi connectivity index (χ3v) is 3.25. The predicted molar refractivity (Wildman–Crippen MR) is 64.8 cm³/mol. The van der Waals surface area contributed by atoms with Crippen LogP contribution < -0.4 is 0 Å². The van der Waals surface area contributed by atoms with Gasteiger partial charge in [0.25, 0.3) is 0 Å². The molecule has 0 amide bonds. The number of halogens is 3. The molecule has 0 N–H and O–H groups in total. The third kappa shape index (κ3) is 2.88. The summed E-state index contributed by atoms with van der Waals surface area (Å²) >= 11 is 12.9. The number of pyridine rings is 1. The summed E-state index contributed by atoms with van der Waals surface area (Å²) in [5.74, 6) is -0.655. The molecule has 0 atom stereocenters. The minimum Gasteiger partial charge on any atom is -0.226 e. The number of hydrogen-bond donors (Lipinski definition) is 0. The number of nitrogens with zero attached hydrogens (tertiary/aromatic N) is 1. The zero-order valence-electron chi connectivity index (χ0n) is 7.95. The maximum atomic E-state index is 12.8. The first-order chi connectivity index (χ1) is 7.65. The van der Waals surface area contributed by atoms with E-state index in [4.69, 9.17) is 23.2 Å². The van der Waals surface area contributed by atoms with Crippen molar-refractivity contribution in [3.8, 4) is 0 Å². The summed E-state index contributed by atoms with van der Waals surface area (Å²) in [6.45, 7) is 0. The first kappa shape index (κ1) is 11.7. The van der Waals surface area contributed by atoms with Gasteiger partial charge >= 0.3 is 0 Å². The number of aromatic nitrogens is 1. The number of rotatable bonds is 2. The molecule has 82 valence electrons. The molecule has 1 aromatic heterocycles. The molecule has 0 unspecified atom stereocenters. The summed E-state index contributed by atoms with van der Waals surface area (Å²) in [4.78, 5) is 5.27. The molecule has 0 saturated carbocycles. The van der Waals surface area contributed by atoms with Crippen LogP contribution in [0.1, 0.15) is 0 Å². The van der Waals surface area contributed by atoms with Crippen molar-refractivity contribution in [1.29, 1.82) is 0 Å². The summed E-state index contributed by atoms with van der Waals surface area (Å²) in [7, 11) is 0. The first-order valence-electron chi connectivity index (χ1n) is 4.39. The number of hydrogen-bond acceptors (Lipinski definition) is 2. The standard InChI is InChI=1S/C11H6Cl2FNS/c12-7-2-1-3-8(4-7)16-9-5-10(13)11(14)15-6-9/h1-6H. The molecule has 0 aliphatic rings. The average Bonchev–Trinajstić information content (AvgIpc) is 2.24. The molecule has 0 saturated heterocycles. The maximum absolute atomic E-state index is 12.8. The summed E-state index contributed by atoms with van der Waals surface area (Å²) in [6, 6.07) is 8.91. The van der Waals surface area contributed by atoms with E-state index in [-0.39, 0.29) is 5.02 Å². The molecule has 5 heteroatoms. The number of benzene rings is 1. The minimum absolute atomic E-state index is 0.0204. The Morgan fingerprint density at radius 1 is 1.12 bits per heavy atom. The Morgan fingerprint density at radius 3 is 2.62 bits per heavy atom. The van der Waals surface area contributed by atoms with Crippen LogP contribution in [0.2, 0.25) is 10.0 Å². The normalized spacial score (nSPS) is 10.4. The van der Waals surface area contributed by atoms with Crippen molar-refractivity contribution in [3.05, 3.63) is 52.5 Å². The molecule has 0 fully saturated rings. The van der Waals surface area contributed by atoms with E-state index < -0.39 is 5.95 Å². The van der Waals surface area contributed by atoms with Crippen LogP contribution in [0, 0.1) is 5.95 Å². The SMILES string of the molecule is Fc1ncc(Sc2cccc(Cl)c2)cc1Cl. The van der Waals surface area contributed by atoms with Gasteiger partial charge in [-0.3, -0.25) is 0 Å². The van der Waals surface area contributed by atoms with Crippen LogP contribution in [0.15, 0.2) is 46.3 Å². The van der Waals surface area contributed by atoms with E-state index in [1.54, 1.807) is 6.07 Å². The molecule has 0 bridgehead atoms.